The van der Waals surface area contributed by atoms with Gasteiger partial charge >= 0.3 is 6.01 Å². The average molecular weight is 330 g/mol. The Kier molecular flexibility index (Phi) is 4.25. The Balaban J connectivity index is 1.75. The number of rotatable bonds is 4. The van der Waals surface area contributed by atoms with Crippen molar-refractivity contribution >= 4 is 23.5 Å². The molecule has 0 aliphatic carbocycles. The molecule has 0 saturated heterocycles. The fourth-order valence-electron chi connectivity index (χ4n) is 1.92. The number of ether oxygens (including phenoxy) is 1. The number of amides is 1. The van der Waals surface area contributed by atoms with E-state index in [1.165, 1.54) is 0 Å². The Morgan fingerprint density at radius 2 is 1.96 bits per heavy atom. The van der Waals surface area contributed by atoms with Gasteiger partial charge in [0.05, 0.1) is 7.11 Å². The molecule has 0 fully saturated rings. The van der Waals surface area contributed by atoms with E-state index in [1.807, 2.05) is 0 Å². The molecule has 3 aromatic rings. The molecule has 0 aliphatic heterocycles. The number of aromatic nitrogens is 2. The second-order valence-electron chi connectivity index (χ2n) is 4.61. The third kappa shape index (κ3) is 3.49. The van der Waals surface area contributed by atoms with Crippen LogP contribution in [0.2, 0.25) is 5.02 Å². The maximum Gasteiger partial charge on any atom is 0.322 e. The van der Waals surface area contributed by atoms with Crippen molar-refractivity contribution in [1.29, 1.82) is 0 Å². The maximum absolute atomic E-state index is 12.1. The van der Waals surface area contributed by atoms with Gasteiger partial charge in [0, 0.05) is 16.1 Å². The van der Waals surface area contributed by atoms with Crippen molar-refractivity contribution in [2.24, 2.45) is 0 Å². The molecule has 3 rings (SSSR count). The number of hydrogen-bond acceptors (Lipinski definition) is 5. The van der Waals surface area contributed by atoms with Crippen LogP contribution >= 0.6 is 11.6 Å². The lowest BCUT2D eigenvalue weighted by Crippen LogP contribution is -2.11. The Bertz CT molecular complexity index is 831. The number of hydrogen-bond donors (Lipinski definition) is 1. The predicted octanol–water partition coefficient (Wildman–Crippen LogP) is 3.65. The summed E-state index contributed by atoms with van der Waals surface area (Å²) in [4.78, 5) is 12.1. The van der Waals surface area contributed by atoms with E-state index in [0.29, 0.717) is 16.5 Å². The number of benzene rings is 2. The van der Waals surface area contributed by atoms with Gasteiger partial charge in [0.15, 0.2) is 0 Å². The molecule has 1 N–H and O–H groups in total. The smallest absolute Gasteiger partial charge is 0.322 e. The maximum atomic E-state index is 12.1. The van der Waals surface area contributed by atoms with Gasteiger partial charge in [-0.3, -0.25) is 10.1 Å². The van der Waals surface area contributed by atoms with Gasteiger partial charge in [-0.2, -0.15) is 0 Å². The molecule has 7 heteroatoms. The summed E-state index contributed by atoms with van der Waals surface area (Å²) < 4.78 is 10.5. The minimum Gasteiger partial charge on any atom is -0.497 e. The summed E-state index contributed by atoms with van der Waals surface area (Å²) in [6.07, 6.45) is 0. The number of halogens is 1. The van der Waals surface area contributed by atoms with Gasteiger partial charge in [0.25, 0.3) is 5.91 Å². The van der Waals surface area contributed by atoms with Crippen LogP contribution in [0.1, 0.15) is 10.4 Å². The molecule has 0 aliphatic rings. The summed E-state index contributed by atoms with van der Waals surface area (Å²) in [6.45, 7) is 0. The van der Waals surface area contributed by atoms with Crippen molar-refractivity contribution in [3.63, 3.8) is 0 Å². The molecule has 1 aromatic heterocycles. The second kappa shape index (κ2) is 6.50. The number of methoxy groups -OCH3 is 1. The van der Waals surface area contributed by atoms with Crippen molar-refractivity contribution in [1.82, 2.24) is 10.2 Å². The highest BCUT2D eigenvalue weighted by molar-refractivity contribution is 6.31. The van der Waals surface area contributed by atoms with E-state index < -0.39 is 0 Å². The van der Waals surface area contributed by atoms with Gasteiger partial charge in [0.2, 0.25) is 5.89 Å². The zero-order valence-electron chi connectivity index (χ0n) is 12.1. The van der Waals surface area contributed by atoms with Crippen LogP contribution in [0.3, 0.4) is 0 Å². The summed E-state index contributed by atoms with van der Waals surface area (Å²) in [5.41, 5.74) is 1.13. The second-order valence-corrected chi connectivity index (χ2v) is 5.04. The Morgan fingerprint density at radius 3 is 2.65 bits per heavy atom. The van der Waals surface area contributed by atoms with Crippen molar-refractivity contribution in [2.75, 3.05) is 12.4 Å². The zero-order valence-corrected chi connectivity index (χ0v) is 12.9. The lowest BCUT2D eigenvalue weighted by molar-refractivity contribution is 0.102. The molecule has 0 spiro atoms. The minimum atomic E-state index is -0.377. The molecule has 1 amide bonds. The van der Waals surface area contributed by atoms with Gasteiger partial charge in [-0.15, -0.1) is 5.10 Å². The summed E-state index contributed by atoms with van der Waals surface area (Å²) in [5.74, 6) is 0.647. The fourth-order valence-corrected chi connectivity index (χ4v) is 2.11. The summed E-state index contributed by atoms with van der Waals surface area (Å²) >= 11 is 5.86. The molecule has 0 unspecified atom stereocenters. The van der Waals surface area contributed by atoms with E-state index in [4.69, 9.17) is 20.8 Å². The molecule has 1 heterocycles. The quantitative estimate of drug-likeness (QED) is 0.790. The SMILES string of the molecule is COc1ccc(-c2nnc(NC(=O)c3cccc(Cl)c3)o2)cc1. The zero-order chi connectivity index (χ0) is 16.2. The first-order chi connectivity index (χ1) is 11.2. The highest BCUT2D eigenvalue weighted by Crippen LogP contribution is 2.22. The summed E-state index contributed by atoms with van der Waals surface area (Å²) in [5, 5.41) is 10.7. The molecule has 23 heavy (non-hydrogen) atoms. The summed E-state index contributed by atoms with van der Waals surface area (Å²) in [7, 11) is 1.59. The molecule has 116 valence electrons. The first kappa shape index (κ1) is 15.1. The number of carbonyl (C=O) groups excluding carboxylic acids is 1. The topological polar surface area (TPSA) is 77.3 Å². The Morgan fingerprint density at radius 1 is 1.17 bits per heavy atom. The summed E-state index contributed by atoms with van der Waals surface area (Å²) in [6, 6.07) is 13.7. The molecular formula is C16H12ClN3O3. The number of carbonyl (C=O) groups is 1. The van der Waals surface area contributed by atoms with Crippen molar-refractivity contribution in [3.05, 3.63) is 59.1 Å². The van der Waals surface area contributed by atoms with E-state index in [2.05, 4.69) is 15.5 Å². The largest absolute Gasteiger partial charge is 0.497 e. The van der Waals surface area contributed by atoms with Crippen LogP contribution in [0.4, 0.5) is 6.01 Å². The van der Waals surface area contributed by atoms with E-state index in [0.717, 1.165) is 11.3 Å². The van der Waals surface area contributed by atoms with Gasteiger partial charge < -0.3 is 9.15 Å². The van der Waals surface area contributed by atoms with Crippen LogP contribution in [0, 0.1) is 0 Å². The number of anilines is 1. The van der Waals surface area contributed by atoms with Crippen LogP contribution in [-0.4, -0.2) is 23.2 Å². The van der Waals surface area contributed by atoms with Crippen LogP contribution in [-0.2, 0) is 0 Å². The normalized spacial score (nSPS) is 10.3. The van der Waals surface area contributed by atoms with Crippen LogP contribution < -0.4 is 10.1 Å². The molecular weight excluding hydrogens is 318 g/mol. The molecule has 2 aromatic carbocycles. The monoisotopic (exact) mass is 329 g/mol. The van der Waals surface area contributed by atoms with Crippen molar-refractivity contribution in [3.8, 4) is 17.2 Å². The number of nitrogens with zero attached hydrogens (tertiary/aromatic N) is 2. The third-order valence-corrected chi connectivity index (χ3v) is 3.30. The van der Waals surface area contributed by atoms with Crippen molar-refractivity contribution in [2.45, 2.75) is 0 Å². The first-order valence-corrected chi connectivity index (χ1v) is 7.08. The average Bonchev–Trinajstić information content (AvgIpc) is 3.03. The molecule has 0 radical (unpaired) electrons. The Hall–Kier alpha value is -2.86. The molecule has 0 atom stereocenters. The molecule has 0 bridgehead atoms. The Labute approximate surface area is 137 Å². The van der Waals surface area contributed by atoms with Gasteiger partial charge in [-0.25, -0.2) is 0 Å². The first-order valence-electron chi connectivity index (χ1n) is 6.70. The van der Waals surface area contributed by atoms with Gasteiger partial charge in [-0.05, 0) is 42.5 Å². The third-order valence-electron chi connectivity index (χ3n) is 3.07. The fraction of sp³-hybridized carbons (Fsp3) is 0.0625. The van der Waals surface area contributed by atoms with Gasteiger partial charge in [0.1, 0.15) is 5.75 Å². The standard InChI is InChI=1S/C16H12ClN3O3/c1-22-13-7-5-10(6-8-13)15-19-20-16(23-15)18-14(21)11-3-2-4-12(17)9-11/h2-9H,1H3,(H,18,20,21). The molecule has 0 saturated carbocycles. The highest BCUT2D eigenvalue weighted by Gasteiger charge is 2.13. The van der Waals surface area contributed by atoms with Crippen LogP contribution in [0.15, 0.2) is 52.9 Å². The van der Waals surface area contributed by atoms with E-state index in [-0.39, 0.29) is 11.9 Å². The lowest BCUT2D eigenvalue weighted by Gasteiger charge is -2.01. The van der Waals surface area contributed by atoms with Gasteiger partial charge in [-0.1, -0.05) is 22.8 Å². The predicted molar refractivity (Wildman–Crippen MR) is 85.7 cm³/mol. The lowest BCUT2D eigenvalue weighted by atomic mass is 10.2. The minimum absolute atomic E-state index is 0.0146. The highest BCUT2D eigenvalue weighted by atomic mass is 35.5. The molecule has 6 nitrogen and oxygen atoms in total. The van der Waals surface area contributed by atoms with E-state index >= 15 is 0 Å². The van der Waals surface area contributed by atoms with Crippen LogP contribution in [0.25, 0.3) is 11.5 Å². The van der Waals surface area contributed by atoms with Crippen LogP contribution in [0.5, 0.6) is 5.75 Å². The van der Waals surface area contributed by atoms with E-state index in [1.54, 1.807) is 55.6 Å². The van der Waals surface area contributed by atoms with E-state index in [9.17, 15) is 4.79 Å². The number of nitrogens with one attached hydrogen (secondary N) is 1. The van der Waals surface area contributed by atoms with Crippen molar-refractivity contribution < 1.29 is 13.9 Å².